The molecule has 3 aromatic carbocycles. The second-order valence-electron chi connectivity index (χ2n) is 8.24. The molecule has 0 fully saturated rings. The quantitative estimate of drug-likeness (QED) is 0.440. The first-order valence-corrected chi connectivity index (χ1v) is 10.8. The summed E-state index contributed by atoms with van der Waals surface area (Å²) in [6.07, 6.45) is -3.29. The number of amides is 3. The molecule has 0 bridgehead atoms. The van der Waals surface area contributed by atoms with Gasteiger partial charge < -0.3 is 15.7 Å². The highest BCUT2D eigenvalue weighted by molar-refractivity contribution is 6.31. The molecule has 0 radical (unpaired) electrons. The summed E-state index contributed by atoms with van der Waals surface area (Å²) >= 11 is 6.24. The van der Waals surface area contributed by atoms with Crippen molar-refractivity contribution in [1.82, 2.24) is 5.32 Å². The highest BCUT2D eigenvalue weighted by Gasteiger charge is 2.50. The molecule has 0 saturated carbocycles. The number of hydrogen-bond donors (Lipinski definition) is 3. The van der Waals surface area contributed by atoms with Crippen molar-refractivity contribution in [3.8, 4) is 0 Å². The van der Waals surface area contributed by atoms with Gasteiger partial charge in [0.25, 0.3) is 12.3 Å². The Hall–Kier alpha value is -3.63. The number of nitrogens with zero attached hydrogens (tertiary/aromatic N) is 1. The third kappa shape index (κ3) is 3.69. The van der Waals surface area contributed by atoms with Gasteiger partial charge in [-0.1, -0.05) is 17.7 Å². The monoisotopic (exact) mass is 505 g/mol. The molecule has 3 amide bonds. The van der Waals surface area contributed by atoms with Gasteiger partial charge in [0.1, 0.15) is 11.6 Å². The molecule has 0 saturated heterocycles. The second kappa shape index (κ2) is 8.24. The number of β-amino-alcohol motifs (C(OH)–C–C–N with tert-alkyl or cyclic N) is 1. The van der Waals surface area contributed by atoms with Crippen molar-refractivity contribution in [2.24, 2.45) is 0 Å². The van der Waals surface area contributed by atoms with E-state index in [1.165, 1.54) is 24.3 Å². The molecule has 2 heterocycles. The summed E-state index contributed by atoms with van der Waals surface area (Å²) in [5.74, 6) is -1.90. The number of aliphatic hydroxyl groups is 1. The van der Waals surface area contributed by atoms with Crippen molar-refractivity contribution >= 4 is 34.9 Å². The average molecular weight is 506 g/mol. The Morgan fingerprint density at radius 3 is 2.60 bits per heavy atom. The lowest BCUT2D eigenvalue weighted by Gasteiger charge is -2.24. The van der Waals surface area contributed by atoms with E-state index in [4.69, 9.17) is 11.6 Å². The first kappa shape index (κ1) is 23.1. The molecular formula is C24H16ClF4N3O3. The Morgan fingerprint density at radius 1 is 1.14 bits per heavy atom. The van der Waals surface area contributed by atoms with Gasteiger partial charge in [0.2, 0.25) is 0 Å². The third-order valence-electron chi connectivity index (χ3n) is 6.15. The molecule has 0 unspecified atom stereocenters. The van der Waals surface area contributed by atoms with E-state index in [9.17, 15) is 32.3 Å². The van der Waals surface area contributed by atoms with Crippen LogP contribution in [0.3, 0.4) is 0 Å². The van der Waals surface area contributed by atoms with E-state index in [0.29, 0.717) is 5.56 Å². The lowest BCUT2D eigenvalue weighted by Crippen LogP contribution is -2.43. The van der Waals surface area contributed by atoms with Crippen molar-refractivity contribution < 1.29 is 32.3 Å². The van der Waals surface area contributed by atoms with Gasteiger partial charge in [-0.2, -0.15) is 0 Å². The maximum atomic E-state index is 13.9. The van der Waals surface area contributed by atoms with E-state index in [-0.39, 0.29) is 27.5 Å². The van der Waals surface area contributed by atoms with Crippen molar-refractivity contribution in [1.29, 1.82) is 0 Å². The fourth-order valence-electron chi connectivity index (χ4n) is 4.49. The third-order valence-corrected chi connectivity index (χ3v) is 6.49. The number of carbonyl (C=O) groups is 2. The Bertz CT molecular complexity index is 1390. The molecule has 3 aromatic rings. The molecule has 35 heavy (non-hydrogen) atoms. The first-order chi connectivity index (χ1) is 16.6. The number of carbonyl (C=O) groups excluding carboxylic acids is 2. The summed E-state index contributed by atoms with van der Waals surface area (Å²) in [5.41, 5.74) is -2.34. The molecule has 3 N–H and O–H groups in total. The number of hydrogen-bond acceptors (Lipinski definition) is 3. The molecule has 11 heteroatoms. The van der Waals surface area contributed by atoms with Gasteiger partial charge in [0.05, 0.1) is 18.3 Å². The van der Waals surface area contributed by atoms with E-state index in [1.54, 1.807) is 0 Å². The van der Waals surface area contributed by atoms with Crippen LogP contribution in [0.5, 0.6) is 0 Å². The number of halogens is 5. The largest absolute Gasteiger partial charge is 0.377 e. The molecule has 2 atom stereocenters. The Kier molecular flexibility index (Phi) is 5.45. The topological polar surface area (TPSA) is 81.7 Å². The smallest absolute Gasteiger partial charge is 0.326 e. The number of fused-ring (bicyclic) bond motifs is 2. The molecular weight excluding hydrogens is 490 g/mol. The fourth-order valence-corrected chi connectivity index (χ4v) is 4.71. The number of anilines is 2. The van der Waals surface area contributed by atoms with Crippen LogP contribution in [0.4, 0.5) is 33.7 Å². The second-order valence-corrected chi connectivity index (χ2v) is 8.65. The highest BCUT2D eigenvalue weighted by Crippen LogP contribution is 2.44. The highest BCUT2D eigenvalue weighted by atomic mass is 35.5. The molecule has 0 aromatic heterocycles. The number of nitrogens with one attached hydrogen (secondary N) is 2. The normalized spacial score (nSPS) is 20.6. The van der Waals surface area contributed by atoms with Crippen LogP contribution in [0.25, 0.3) is 0 Å². The summed E-state index contributed by atoms with van der Waals surface area (Å²) in [4.78, 5) is 26.6. The van der Waals surface area contributed by atoms with Gasteiger partial charge in [-0.15, -0.1) is 0 Å². The lowest BCUT2D eigenvalue weighted by atomic mass is 9.96. The van der Waals surface area contributed by atoms with Crippen molar-refractivity contribution in [3.63, 3.8) is 0 Å². The minimum absolute atomic E-state index is 0.0850. The van der Waals surface area contributed by atoms with Crippen LogP contribution in [0.2, 0.25) is 5.02 Å². The van der Waals surface area contributed by atoms with Crippen LogP contribution >= 0.6 is 11.6 Å². The number of alkyl halides is 2. The van der Waals surface area contributed by atoms with Gasteiger partial charge in [0, 0.05) is 33.0 Å². The lowest BCUT2D eigenvalue weighted by molar-refractivity contribution is -0.0892. The predicted molar refractivity (Wildman–Crippen MR) is 120 cm³/mol. The summed E-state index contributed by atoms with van der Waals surface area (Å²) in [5, 5.41) is 16.0. The minimum Gasteiger partial charge on any atom is -0.377 e. The summed E-state index contributed by atoms with van der Waals surface area (Å²) in [6, 6.07) is 9.25. The van der Waals surface area contributed by atoms with E-state index in [2.05, 4.69) is 10.6 Å². The molecule has 6 nitrogen and oxygen atoms in total. The summed E-state index contributed by atoms with van der Waals surface area (Å²) < 4.78 is 55.1. The van der Waals surface area contributed by atoms with Gasteiger partial charge in [-0.05, 0) is 48.5 Å². The zero-order valence-corrected chi connectivity index (χ0v) is 18.4. The summed E-state index contributed by atoms with van der Waals surface area (Å²) in [7, 11) is 0. The number of rotatable bonds is 3. The van der Waals surface area contributed by atoms with Gasteiger partial charge in [-0.3, -0.25) is 9.69 Å². The van der Waals surface area contributed by atoms with Crippen LogP contribution in [0.15, 0.2) is 54.6 Å². The zero-order chi connectivity index (χ0) is 25.1. The van der Waals surface area contributed by atoms with Crippen LogP contribution < -0.4 is 15.5 Å². The van der Waals surface area contributed by atoms with Gasteiger partial charge >= 0.3 is 6.03 Å². The summed E-state index contributed by atoms with van der Waals surface area (Å²) in [6.45, 7) is -0.819. The van der Waals surface area contributed by atoms with E-state index in [0.717, 1.165) is 35.2 Å². The van der Waals surface area contributed by atoms with Crippen LogP contribution in [-0.4, -0.2) is 30.0 Å². The van der Waals surface area contributed by atoms with Crippen LogP contribution in [0, 0.1) is 11.6 Å². The van der Waals surface area contributed by atoms with Crippen molar-refractivity contribution in [2.45, 2.75) is 18.1 Å². The van der Waals surface area contributed by atoms with E-state index < -0.39 is 53.7 Å². The van der Waals surface area contributed by atoms with Gasteiger partial charge in [0.15, 0.2) is 5.60 Å². The Morgan fingerprint density at radius 2 is 1.86 bits per heavy atom. The predicted octanol–water partition coefficient (Wildman–Crippen LogP) is 4.96. The maximum absolute atomic E-state index is 13.9. The fraction of sp³-hybridized carbons (Fsp3) is 0.167. The first-order valence-electron chi connectivity index (χ1n) is 10.4. The standard InChI is InChI=1S/C24H16ClF4N3O3/c25-16-6-4-11(26)8-14(16)20-19-13(21(33)31-20)2-1-3-17(19)30-23(34)32-10-24(35,22(28)29)15-9-12(27)5-7-18(15)32/h1-9,20,22,35H,10H2,(H,30,34)(H,31,33)/t20-,24+/m1/s1. The molecule has 0 spiro atoms. The Balaban J connectivity index is 1.53. The SMILES string of the molecule is O=C1N[C@H](c2cc(F)ccc2Cl)c2c(NC(=O)N3C[C@@](O)(C(F)F)c4cc(F)ccc43)cccc21. The number of benzene rings is 3. The molecule has 180 valence electrons. The average Bonchev–Trinajstić information content (AvgIpc) is 3.31. The maximum Gasteiger partial charge on any atom is 0.326 e. The van der Waals surface area contributed by atoms with E-state index in [1.807, 2.05) is 0 Å². The Labute approximate surface area is 201 Å². The van der Waals surface area contributed by atoms with Crippen LogP contribution in [-0.2, 0) is 5.60 Å². The van der Waals surface area contributed by atoms with Crippen molar-refractivity contribution in [3.05, 3.63) is 93.5 Å². The van der Waals surface area contributed by atoms with E-state index >= 15 is 0 Å². The van der Waals surface area contributed by atoms with Crippen LogP contribution in [0.1, 0.15) is 33.1 Å². The molecule has 0 aliphatic carbocycles. The molecule has 5 rings (SSSR count). The zero-order valence-electron chi connectivity index (χ0n) is 17.7. The van der Waals surface area contributed by atoms with Gasteiger partial charge in [-0.25, -0.2) is 22.4 Å². The minimum atomic E-state index is -3.29. The number of urea groups is 1. The van der Waals surface area contributed by atoms with Crippen molar-refractivity contribution in [2.75, 3.05) is 16.8 Å². The molecule has 2 aliphatic rings. The molecule has 2 aliphatic heterocycles.